The molecular formula is C21H23F2NO3. The number of ether oxygens (including phenoxy) is 1. The van der Waals surface area contributed by atoms with Crippen molar-refractivity contribution in [3.05, 3.63) is 64.7 Å². The molecule has 0 unspecified atom stereocenters. The summed E-state index contributed by atoms with van der Waals surface area (Å²) in [7, 11) is 0. The maximum atomic E-state index is 13.2. The zero-order valence-corrected chi connectivity index (χ0v) is 15.8. The van der Waals surface area contributed by atoms with E-state index in [0.29, 0.717) is 11.8 Å². The molecule has 1 N–H and O–H groups in total. The van der Waals surface area contributed by atoms with E-state index < -0.39 is 30.1 Å². The molecule has 27 heavy (non-hydrogen) atoms. The number of nitrogens with one attached hydrogen (secondary N) is 1. The Bertz CT molecular complexity index is 801. The summed E-state index contributed by atoms with van der Waals surface area (Å²) < 4.78 is 31.3. The van der Waals surface area contributed by atoms with Gasteiger partial charge in [0.1, 0.15) is 11.6 Å². The Hall–Kier alpha value is -2.76. The van der Waals surface area contributed by atoms with Gasteiger partial charge in [0.25, 0.3) is 5.91 Å². The van der Waals surface area contributed by atoms with E-state index in [9.17, 15) is 18.4 Å². The number of para-hydroxylation sites is 1. The lowest BCUT2D eigenvalue weighted by atomic mass is 9.92. The van der Waals surface area contributed by atoms with Crippen LogP contribution in [0.15, 0.2) is 36.4 Å². The summed E-state index contributed by atoms with van der Waals surface area (Å²) in [5, 5.41) is 2.81. The van der Waals surface area contributed by atoms with Gasteiger partial charge < -0.3 is 10.1 Å². The Morgan fingerprint density at radius 3 is 1.96 bits per heavy atom. The number of benzene rings is 2. The van der Waals surface area contributed by atoms with Crippen LogP contribution < -0.4 is 5.32 Å². The molecule has 144 valence electrons. The van der Waals surface area contributed by atoms with Crippen molar-refractivity contribution in [1.29, 1.82) is 0 Å². The van der Waals surface area contributed by atoms with E-state index in [1.165, 1.54) is 0 Å². The third kappa shape index (κ3) is 5.36. The van der Waals surface area contributed by atoms with Crippen LogP contribution in [0.5, 0.6) is 0 Å². The first kappa shape index (κ1) is 20.6. The molecule has 0 aliphatic carbocycles. The zero-order valence-electron chi connectivity index (χ0n) is 15.8. The molecule has 4 nitrogen and oxygen atoms in total. The third-order valence-electron chi connectivity index (χ3n) is 4.07. The average molecular weight is 375 g/mol. The van der Waals surface area contributed by atoms with Crippen LogP contribution in [0.25, 0.3) is 0 Å². The molecule has 0 fully saturated rings. The SMILES string of the molecule is CC(C)c1cccc(C(C)C)c1NC(=O)COC(=O)c1cc(F)cc(F)c1. The molecule has 0 heterocycles. The van der Waals surface area contributed by atoms with Crippen LogP contribution in [0.4, 0.5) is 14.5 Å². The topological polar surface area (TPSA) is 55.4 Å². The number of amides is 1. The number of carbonyl (C=O) groups excluding carboxylic acids is 2. The lowest BCUT2D eigenvalue weighted by Crippen LogP contribution is -2.22. The van der Waals surface area contributed by atoms with Crippen LogP contribution in [0.2, 0.25) is 0 Å². The Morgan fingerprint density at radius 2 is 1.48 bits per heavy atom. The molecule has 0 aromatic heterocycles. The smallest absolute Gasteiger partial charge is 0.338 e. The Balaban J connectivity index is 2.11. The summed E-state index contributed by atoms with van der Waals surface area (Å²) in [5.74, 6) is -2.88. The Labute approximate surface area is 157 Å². The Kier molecular flexibility index (Phi) is 6.66. The number of rotatable bonds is 6. The predicted octanol–water partition coefficient (Wildman–Crippen LogP) is 5.01. The molecule has 0 aliphatic heterocycles. The maximum absolute atomic E-state index is 13.2. The Morgan fingerprint density at radius 1 is 0.963 bits per heavy atom. The predicted molar refractivity (Wildman–Crippen MR) is 99.9 cm³/mol. The molecular weight excluding hydrogens is 352 g/mol. The van der Waals surface area contributed by atoms with Gasteiger partial charge in [-0.25, -0.2) is 13.6 Å². The van der Waals surface area contributed by atoms with Gasteiger partial charge in [0.15, 0.2) is 6.61 Å². The maximum Gasteiger partial charge on any atom is 0.338 e. The van der Waals surface area contributed by atoms with Crippen LogP contribution in [0, 0.1) is 11.6 Å². The monoisotopic (exact) mass is 375 g/mol. The highest BCUT2D eigenvalue weighted by Gasteiger charge is 2.17. The molecule has 2 rings (SSSR count). The van der Waals surface area contributed by atoms with Gasteiger partial charge in [0.05, 0.1) is 5.56 Å². The second-order valence-electron chi connectivity index (χ2n) is 6.90. The van der Waals surface area contributed by atoms with E-state index in [0.717, 1.165) is 23.3 Å². The highest BCUT2D eigenvalue weighted by molar-refractivity contribution is 5.96. The van der Waals surface area contributed by atoms with Crippen LogP contribution in [0.1, 0.15) is 61.0 Å². The van der Waals surface area contributed by atoms with Crippen LogP contribution in [0.3, 0.4) is 0 Å². The lowest BCUT2D eigenvalue weighted by Gasteiger charge is -2.20. The number of anilines is 1. The third-order valence-corrected chi connectivity index (χ3v) is 4.07. The first-order chi connectivity index (χ1) is 12.7. The number of hydrogen-bond acceptors (Lipinski definition) is 3. The summed E-state index contributed by atoms with van der Waals surface area (Å²) in [6.07, 6.45) is 0. The first-order valence-corrected chi connectivity index (χ1v) is 8.75. The standard InChI is InChI=1S/C21H23F2NO3/c1-12(2)17-6-5-7-18(13(3)4)20(17)24-19(25)11-27-21(26)14-8-15(22)10-16(23)9-14/h5-10,12-13H,11H2,1-4H3,(H,24,25). The van der Waals surface area contributed by atoms with Crippen molar-refractivity contribution in [2.45, 2.75) is 39.5 Å². The van der Waals surface area contributed by atoms with Gasteiger partial charge in [0.2, 0.25) is 0 Å². The summed E-state index contributed by atoms with van der Waals surface area (Å²) in [6.45, 7) is 7.53. The van der Waals surface area contributed by atoms with Crippen LogP contribution in [-0.4, -0.2) is 18.5 Å². The molecule has 1 amide bonds. The molecule has 0 atom stereocenters. The minimum Gasteiger partial charge on any atom is -0.452 e. The minimum absolute atomic E-state index is 0.191. The number of halogens is 2. The fourth-order valence-corrected chi connectivity index (χ4v) is 2.76. The van der Waals surface area contributed by atoms with Gasteiger partial charge in [-0.1, -0.05) is 45.9 Å². The molecule has 0 spiro atoms. The van der Waals surface area contributed by atoms with Gasteiger partial charge in [-0.2, -0.15) is 0 Å². The average Bonchev–Trinajstić information content (AvgIpc) is 2.58. The molecule has 0 bridgehead atoms. The summed E-state index contributed by atoms with van der Waals surface area (Å²) in [4.78, 5) is 24.2. The van der Waals surface area contributed by atoms with Crippen molar-refractivity contribution in [2.75, 3.05) is 11.9 Å². The molecule has 0 radical (unpaired) electrons. The fraction of sp³-hybridized carbons (Fsp3) is 0.333. The van der Waals surface area contributed by atoms with Crippen molar-refractivity contribution in [3.63, 3.8) is 0 Å². The molecule has 0 saturated carbocycles. The van der Waals surface area contributed by atoms with E-state index >= 15 is 0 Å². The normalized spacial score (nSPS) is 11.0. The van der Waals surface area contributed by atoms with E-state index in [4.69, 9.17) is 4.74 Å². The second kappa shape index (κ2) is 8.75. The lowest BCUT2D eigenvalue weighted by molar-refractivity contribution is -0.119. The van der Waals surface area contributed by atoms with Gasteiger partial charge in [-0.05, 0) is 35.1 Å². The summed E-state index contributed by atoms with van der Waals surface area (Å²) >= 11 is 0. The van der Waals surface area contributed by atoms with Crippen molar-refractivity contribution in [3.8, 4) is 0 Å². The van der Waals surface area contributed by atoms with Gasteiger partial charge in [-0.15, -0.1) is 0 Å². The highest BCUT2D eigenvalue weighted by Crippen LogP contribution is 2.32. The van der Waals surface area contributed by atoms with Gasteiger partial charge in [-0.3, -0.25) is 4.79 Å². The van der Waals surface area contributed by atoms with Crippen molar-refractivity contribution >= 4 is 17.6 Å². The molecule has 0 saturated heterocycles. The quantitative estimate of drug-likeness (QED) is 0.723. The van der Waals surface area contributed by atoms with Gasteiger partial charge >= 0.3 is 5.97 Å². The number of hydrogen-bond donors (Lipinski definition) is 1. The van der Waals surface area contributed by atoms with E-state index in [-0.39, 0.29) is 17.4 Å². The summed E-state index contributed by atoms with van der Waals surface area (Å²) in [5.41, 5.74) is 2.38. The van der Waals surface area contributed by atoms with Crippen molar-refractivity contribution in [1.82, 2.24) is 0 Å². The zero-order chi connectivity index (χ0) is 20.1. The second-order valence-corrected chi connectivity index (χ2v) is 6.90. The van der Waals surface area contributed by atoms with Crippen molar-refractivity contribution in [2.24, 2.45) is 0 Å². The number of esters is 1. The number of carbonyl (C=O) groups is 2. The van der Waals surface area contributed by atoms with E-state index in [1.807, 2.05) is 45.9 Å². The van der Waals surface area contributed by atoms with E-state index in [1.54, 1.807) is 0 Å². The molecule has 2 aromatic carbocycles. The summed E-state index contributed by atoms with van der Waals surface area (Å²) in [6, 6.07) is 8.18. The molecule has 6 heteroatoms. The highest BCUT2D eigenvalue weighted by atomic mass is 19.1. The van der Waals surface area contributed by atoms with Crippen LogP contribution in [-0.2, 0) is 9.53 Å². The van der Waals surface area contributed by atoms with E-state index in [2.05, 4.69) is 5.32 Å². The van der Waals surface area contributed by atoms with Crippen LogP contribution >= 0.6 is 0 Å². The fourth-order valence-electron chi connectivity index (χ4n) is 2.76. The van der Waals surface area contributed by atoms with Gasteiger partial charge in [0, 0.05) is 11.8 Å². The molecule has 0 aliphatic rings. The van der Waals surface area contributed by atoms with Crippen molar-refractivity contribution < 1.29 is 23.1 Å². The first-order valence-electron chi connectivity index (χ1n) is 8.75. The minimum atomic E-state index is -0.968. The largest absolute Gasteiger partial charge is 0.452 e. The molecule has 2 aromatic rings.